The second kappa shape index (κ2) is 6.27. The Bertz CT molecular complexity index is 1330. The van der Waals surface area contributed by atoms with Crippen LogP contribution in [0.5, 0.6) is 0 Å². The topological polar surface area (TPSA) is 112 Å². The van der Waals surface area contributed by atoms with Crippen LogP contribution in [-0.2, 0) is 0 Å². The average molecular weight is 369 g/mol. The van der Waals surface area contributed by atoms with E-state index in [1.54, 1.807) is 24.7 Å². The molecule has 0 bridgehead atoms. The van der Waals surface area contributed by atoms with E-state index in [0.29, 0.717) is 11.4 Å². The van der Waals surface area contributed by atoms with Gasteiger partial charge < -0.3 is 5.32 Å². The third kappa shape index (κ3) is 2.77. The molecule has 3 N–H and O–H groups in total. The van der Waals surface area contributed by atoms with E-state index in [1.165, 1.54) is 0 Å². The number of aromatic nitrogens is 6. The summed E-state index contributed by atoms with van der Waals surface area (Å²) in [5.41, 5.74) is 5.16. The van der Waals surface area contributed by atoms with Crippen molar-refractivity contribution in [1.29, 1.82) is 0 Å². The molecule has 4 aromatic heterocycles. The monoisotopic (exact) mass is 369 g/mol. The summed E-state index contributed by atoms with van der Waals surface area (Å²) < 4.78 is 0. The highest BCUT2D eigenvalue weighted by Gasteiger charge is 2.13. The van der Waals surface area contributed by atoms with Crippen LogP contribution in [0.3, 0.4) is 0 Å². The first-order chi connectivity index (χ1) is 13.7. The summed E-state index contributed by atoms with van der Waals surface area (Å²) in [4.78, 5) is 21.4. The van der Waals surface area contributed by atoms with Gasteiger partial charge in [0.2, 0.25) is 0 Å². The molecule has 0 aliphatic carbocycles. The lowest BCUT2D eigenvalue weighted by Gasteiger charge is -2.10. The molecule has 0 unspecified atom stereocenters. The van der Waals surface area contributed by atoms with Gasteiger partial charge in [0.1, 0.15) is 5.69 Å². The van der Waals surface area contributed by atoms with Crippen LogP contribution in [0.1, 0.15) is 16.2 Å². The molecule has 5 rings (SSSR count). The predicted octanol–water partition coefficient (Wildman–Crippen LogP) is 3.46. The first-order valence-corrected chi connectivity index (χ1v) is 8.69. The Kier molecular flexibility index (Phi) is 3.61. The maximum absolute atomic E-state index is 12.7. The number of aryl methyl sites for hydroxylation is 1. The number of pyridine rings is 2. The Morgan fingerprint density at radius 3 is 2.79 bits per heavy atom. The predicted molar refractivity (Wildman–Crippen MR) is 106 cm³/mol. The van der Waals surface area contributed by atoms with E-state index in [4.69, 9.17) is 0 Å². The molecule has 8 nitrogen and oxygen atoms in total. The number of anilines is 1. The highest BCUT2D eigenvalue weighted by Crippen LogP contribution is 2.31. The number of carbonyl (C=O) groups excluding carboxylic acids is 1. The van der Waals surface area contributed by atoms with Crippen molar-refractivity contribution in [3.63, 3.8) is 0 Å². The van der Waals surface area contributed by atoms with Crippen LogP contribution < -0.4 is 5.32 Å². The molecule has 0 radical (unpaired) electrons. The lowest BCUT2D eigenvalue weighted by molar-refractivity contribution is 0.102. The summed E-state index contributed by atoms with van der Waals surface area (Å²) in [7, 11) is 0. The molecule has 4 heterocycles. The third-order valence-corrected chi connectivity index (χ3v) is 4.55. The standard InChI is InChI=1S/C20H15N7O/c1-11-3-2-4-16(24-11)20(28)25-17-6-12(7-18-15(17)10-23-26-18)13-5-14-9-22-27-19(14)21-8-13/h2-10H,1H3,(H,23,26)(H,25,28)(H,21,22,27). The first kappa shape index (κ1) is 16.1. The number of benzene rings is 1. The van der Waals surface area contributed by atoms with Gasteiger partial charge in [0, 0.05) is 28.2 Å². The van der Waals surface area contributed by atoms with Crippen molar-refractivity contribution in [2.75, 3.05) is 5.32 Å². The molecule has 0 saturated heterocycles. The fourth-order valence-electron chi connectivity index (χ4n) is 3.17. The fourth-order valence-corrected chi connectivity index (χ4v) is 3.17. The molecule has 0 atom stereocenters. The second-order valence-electron chi connectivity index (χ2n) is 6.51. The van der Waals surface area contributed by atoms with E-state index in [9.17, 15) is 4.79 Å². The van der Waals surface area contributed by atoms with Gasteiger partial charge in [0.05, 0.1) is 23.6 Å². The largest absolute Gasteiger partial charge is 0.320 e. The minimum Gasteiger partial charge on any atom is -0.320 e. The van der Waals surface area contributed by atoms with Crippen LogP contribution in [0.25, 0.3) is 33.1 Å². The number of nitrogens with one attached hydrogen (secondary N) is 3. The number of H-pyrrole nitrogens is 2. The summed E-state index contributed by atoms with van der Waals surface area (Å²) in [5.74, 6) is -0.272. The average Bonchev–Trinajstić information content (AvgIpc) is 3.36. The Labute approximate surface area is 159 Å². The summed E-state index contributed by atoms with van der Waals surface area (Å²) in [5, 5.41) is 18.6. The molecule has 1 amide bonds. The van der Waals surface area contributed by atoms with Crippen LogP contribution in [0.4, 0.5) is 5.69 Å². The molecule has 136 valence electrons. The third-order valence-electron chi connectivity index (χ3n) is 4.55. The highest BCUT2D eigenvalue weighted by molar-refractivity contribution is 6.08. The van der Waals surface area contributed by atoms with Gasteiger partial charge in [-0.25, -0.2) is 9.97 Å². The van der Waals surface area contributed by atoms with Crippen LogP contribution >= 0.6 is 0 Å². The molecule has 1 aromatic carbocycles. The molecular formula is C20H15N7O. The lowest BCUT2D eigenvalue weighted by atomic mass is 10.0. The minimum atomic E-state index is -0.272. The number of aromatic amines is 2. The molecule has 8 heteroatoms. The zero-order valence-electron chi connectivity index (χ0n) is 14.9. The van der Waals surface area contributed by atoms with E-state index < -0.39 is 0 Å². The molecule has 28 heavy (non-hydrogen) atoms. The fraction of sp³-hybridized carbons (Fsp3) is 0.0500. The summed E-state index contributed by atoms with van der Waals surface area (Å²) in [6.07, 6.45) is 5.19. The van der Waals surface area contributed by atoms with Crippen LogP contribution in [0.2, 0.25) is 0 Å². The lowest BCUT2D eigenvalue weighted by Crippen LogP contribution is -2.14. The zero-order valence-corrected chi connectivity index (χ0v) is 14.9. The number of hydrogen-bond donors (Lipinski definition) is 3. The molecule has 0 aliphatic rings. The van der Waals surface area contributed by atoms with Crippen molar-refractivity contribution in [3.05, 3.63) is 66.4 Å². The number of hydrogen-bond acceptors (Lipinski definition) is 5. The van der Waals surface area contributed by atoms with Gasteiger partial charge in [-0.2, -0.15) is 10.2 Å². The Morgan fingerprint density at radius 1 is 1.00 bits per heavy atom. The highest BCUT2D eigenvalue weighted by atomic mass is 16.1. The second-order valence-corrected chi connectivity index (χ2v) is 6.51. The van der Waals surface area contributed by atoms with E-state index in [1.807, 2.05) is 37.3 Å². The maximum atomic E-state index is 12.7. The van der Waals surface area contributed by atoms with Gasteiger partial charge in [0.25, 0.3) is 5.91 Å². The summed E-state index contributed by atoms with van der Waals surface area (Å²) >= 11 is 0. The number of carbonyl (C=O) groups is 1. The van der Waals surface area contributed by atoms with E-state index in [-0.39, 0.29) is 5.91 Å². The van der Waals surface area contributed by atoms with Gasteiger partial charge >= 0.3 is 0 Å². The maximum Gasteiger partial charge on any atom is 0.274 e. The Balaban J connectivity index is 1.58. The summed E-state index contributed by atoms with van der Waals surface area (Å²) in [6.45, 7) is 1.85. The van der Waals surface area contributed by atoms with Gasteiger partial charge in [-0.05, 0) is 42.8 Å². The van der Waals surface area contributed by atoms with E-state index in [2.05, 4.69) is 35.7 Å². The van der Waals surface area contributed by atoms with Gasteiger partial charge in [-0.3, -0.25) is 15.0 Å². The molecule has 5 aromatic rings. The SMILES string of the molecule is Cc1cccc(C(=O)Nc2cc(-c3cnc4[nH]ncc4c3)cc3[nH]ncc23)n1. The van der Waals surface area contributed by atoms with Gasteiger partial charge in [-0.15, -0.1) is 0 Å². The molecule has 0 spiro atoms. The Morgan fingerprint density at radius 2 is 1.89 bits per heavy atom. The van der Waals surface area contributed by atoms with Crippen molar-refractivity contribution in [3.8, 4) is 11.1 Å². The van der Waals surface area contributed by atoms with Crippen molar-refractivity contribution >= 4 is 33.5 Å². The molecule has 0 fully saturated rings. The number of amides is 1. The van der Waals surface area contributed by atoms with Gasteiger partial charge in [-0.1, -0.05) is 6.07 Å². The molecular weight excluding hydrogens is 354 g/mol. The van der Waals surface area contributed by atoms with Gasteiger partial charge in [0.15, 0.2) is 5.65 Å². The van der Waals surface area contributed by atoms with Crippen molar-refractivity contribution < 1.29 is 4.79 Å². The number of fused-ring (bicyclic) bond motifs is 2. The summed E-state index contributed by atoms with van der Waals surface area (Å²) in [6, 6.07) is 11.2. The number of nitrogens with zero attached hydrogens (tertiary/aromatic N) is 4. The Hall–Kier alpha value is -4.07. The van der Waals surface area contributed by atoms with E-state index >= 15 is 0 Å². The van der Waals surface area contributed by atoms with E-state index in [0.717, 1.165) is 38.8 Å². The first-order valence-electron chi connectivity index (χ1n) is 8.69. The smallest absolute Gasteiger partial charge is 0.274 e. The van der Waals surface area contributed by atoms with Crippen molar-refractivity contribution in [2.45, 2.75) is 6.92 Å². The zero-order chi connectivity index (χ0) is 19.1. The van der Waals surface area contributed by atoms with Crippen LogP contribution in [-0.4, -0.2) is 36.3 Å². The van der Waals surface area contributed by atoms with Crippen LogP contribution in [0, 0.1) is 6.92 Å². The van der Waals surface area contributed by atoms with Crippen molar-refractivity contribution in [1.82, 2.24) is 30.4 Å². The van der Waals surface area contributed by atoms with Crippen LogP contribution in [0.15, 0.2) is 55.0 Å². The van der Waals surface area contributed by atoms with Crippen molar-refractivity contribution in [2.24, 2.45) is 0 Å². The molecule has 0 saturated carbocycles. The quantitative estimate of drug-likeness (QED) is 0.451. The minimum absolute atomic E-state index is 0.272. The molecule has 0 aliphatic heterocycles. The number of rotatable bonds is 3. The normalized spacial score (nSPS) is 11.2.